The first-order valence-electron chi connectivity index (χ1n) is 8.08. The fraction of sp³-hybridized carbons (Fsp3) is 0.350. The zero-order valence-corrected chi connectivity index (χ0v) is 12.3. The number of rotatable bonds is 2. The highest BCUT2D eigenvalue weighted by Gasteiger charge is 2.24. The molecule has 106 valence electrons. The molecule has 0 N–H and O–H groups in total. The lowest BCUT2D eigenvalue weighted by molar-refractivity contribution is 0.0889. The fourth-order valence-corrected chi connectivity index (χ4v) is 3.88. The molecule has 0 saturated heterocycles. The number of Topliss-reactive ketones (excluding diaryl/α,β-unsaturated/α-hetero) is 1. The van der Waals surface area contributed by atoms with Crippen molar-refractivity contribution in [2.24, 2.45) is 5.92 Å². The van der Waals surface area contributed by atoms with E-state index in [4.69, 9.17) is 0 Å². The molecule has 0 unspecified atom stereocenters. The van der Waals surface area contributed by atoms with Gasteiger partial charge in [0.1, 0.15) is 0 Å². The van der Waals surface area contributed by atoms with Gasteiger partial charge >= 0.3 is 0 Å². The van der Waals surface area contributed by atoms with Crippen LogP contribution >= 0.6 is 0 Å². The predicted molar refractivity (Wildman–Crippen MR) is 85.6 cm³/mol. The fourth-order valence-electron chi connectivity index (χ4n) is 3.88. The molecule has 21 heavy (non-hydrogen) atoms. The third kappa shape index (κ3) is 2.21. The van der Waals surface area contributed by atoms with Crippen molar-refractivity contribution in [2.75, 3.05) is 0 Å². The van der Waals surface area contributed by atoms with E-state index in [1.165, 1.54) is 41.5 Å². The van der Waals surface area contributed by atoms with Gasteiger partial charge < -0.3 is 0 Å². The average Bonchev–Trinajstić information content (AvgIpc) is 2.93. The second-order valence-electron chi connectivity index (χ2n) is 6.41. The maximum absolute atomic E-state index is 12.7. The number of hydrogen-bond acceptors (Lipinski definition) is 1. The first-order valence-corrected chi connectivity index (χ1v) is 8.08. The van der Waals surface area contributed by atoms with Crippen molar-refractivity contribution in [3.63, 3.8) is 0 Å². The molecular formula is C20H20O. The molecule has 0 amide bonds. The van der Waals surface area contributed by atoms with Gasteiger partial charge in [0.2, 0.25) is 0 Å². The van der Waals surface area contributed by atoms with Gasteiger partial charge in [-0.25, -0.2) is 0 Å². The number of fused-ring (bicyclic) bond motifs is 3. The van der Waals surface area contributed by atoms with Crippen molar-refractivity contribution < 1.29 is 4.79 Å². The molecule has 2 aromatic carbocycles. The van der Waals surface area contributed by atoms with Gasteiger partial charge in [-0.05, 0) is 47.6 Å². The summed E-state index contributed by atoms with van der Waals surface area (Å²) in [5, 5.41) is 0. The van der Waals surface area contributed by atoms with E-state index in [1.54, 1.807) is 0 Å². The van der Waals surface area contributed by atoms with E-state index in [2.05, 4.69) is 36.4 Å². The molecule has 2 aliphatic carbocycles. The zero-order chi connectivity index (χ0) is 14.2. The van der Waals surface area contributed by atoms with Crippen molar-refractivity contribution in [2.45, 2.75) is 38.5 Å². The van der Waals surface area contributed by atoms with E-state index in [9.17, 15) is 4.79 Å². The molecule has 0 aliphatic heterocycles. The van der Waals surface area contributed by atoms with E-state index in [0.717, 1.165) is 24.8 Å². The number of carbonyl (C=O) groups is 1. The SMILES string of the molecule is O=C(c1ccc2c(c1)-c1ccccc1C2)C1CCCCC1. The van der Waals surface area contributed by atoms with Gasteiger partial charge in [0.15, 0.2) is 5.78 Å². The molecule has 2 aromatic rings. The highest BCUT2D eigenvalue weighted by Crippen LogP contribution is 2.37. The Morgan fingerprint density at radius 1 is 0.857 bits per heavy atom. The van der Waals surface area contributed by atoms with Crippen molar-refractivity contribution in [1.82, 2.24) is 0 Å². The van der Waals surface area contributed by atoms with E-state index in [0.29, 0.717) is 5.78 Å². The minimum Gasteiger partial charge on any atom is -0.294 e. The molecule has 0 atom stereocenters. The lowest BCUT2D eigenvalue weighted by Crippen LogP contribution is -2.17. The summed E-state index contributed by atoms with van der Waals surface area (Å²) in [7, 11) is 0. The van der Waals surface area contributed by atoms with E-state index in [1.807, 2.05) is 6.07 Å². The van der Waals surface area contributed by atoms with Crippen LogP contribution in [0.4, 0.5) is 0 Å². The van der Waals surface area contributed by atoms with Crippen LogP contribution in [0.3, 0.4) is 0 Å². The van der Waals surface area contributed by atoms with Crippen molar-refractivity contribution in [3.8, 4) is 11.1 Å². The number of ketones is 1. The summed E-state index contributed by atoms with van der Waals surface area (Å²) in [5.41, 5.74) is 6.24. The first kappa shape index (κ1) is 12.8. The topological polar surface area (TPSA) is 17.1 Å². The number of benzene rings is 2. The first-order chi connectivity index (χ1) is 10.3. The van der Waals surface area contributed by atoms with Crippen LogP contribution in [0.2, 0.25) is 0 Å². The standard InChI is InChI=1S/C20H20O/c21-20(14-6-2-1-3-7-14)17-11-10-16-12-15-8-4-5-9-18(15)19(16)13-17/h4-5,8-11,13-14H,1-3,6-7,12H2. The Hall–Kier alpha value is -1.89. The lowest BCUT2D eigenvalue weighted by atomic mass is 9.83. The smallest absolute Gasteiger partial charge is 0.165 e. The van der Waals surface area contributed by atoms with Crippen LogP contribution in [0.5, 0.6) is 0 Å². The molecule has 1 heteroatoms. The van der Waals surface area contributed by atoms with Gasteiger partial charge in [0, 0.05) is 11.5 Å². The summed E-state index contributed by atoms with van der Waals surface area (Å²) in [6, 6.07) is 14.9. The Kier molecular flexibility index (Phi) is 3.14. The predicted octanol–water partition coefficient (Wildman–Crippen LogP) is 5.02. The molecule has 0 radical (unpaired) electrons. The molecule has 0 bridgehead atoms. The molecule has 1 nitrogen and oxygen atoms in total. The molecule has 0 aromatic heterocycles. The largest absolute Gasteiger partial charge is 0.294 e. The van der Waals surface area contributed by atoms with Gasteiger partial charge in [-0.1, -0.05) is 55.7 Å². The van der Waals surface area contributed by atoms with Crippen LogP contribution in [-0.4, -0.2) is 5.78 Å². The van der Waals surface area contributed by atoms with Crippen molar-refractivity contribution in [1.29, 1.82) is 0 Å². The Labute approximate surface area is 126 Å². The molecule has 1 fully saturated rings. The summed E-state index contributed by atoms with van der Waals surface area (Å²) >= 11 is 0. The Balaban J connectivity index is 1.69. The van der Waals surface area contributed by atoms with Crippen LogP contribution in [0.25, 0.3) is 11.1 Å². The van der Waals surface area contributed by atoms with Crippen LogP contribution in [0.15, 0.2) is 42.5 Å². The maximum atomic E-state index is 12.7. The van der Waals surface area contributed by atoms with Crippen molar-refractivity contribution in [3.05, 3.63) is 59.2 Å². The number of hydrogen-bond donors (Lipinski definition) is 0. The van der Waals surface area contributed by atoms with E-state index < -0.39 is 0 Å². The van der Waals surface area contributed by atoms with Crippen molar-refractivity contribution >= 4 is 5.78 Å². The van der Waals surface area contributed by atoms with Crippen LogP contribution in [-0.2, 0) is 6.42 Å². The molecule has 0 spiro atoms. The van der Waals surface area contributed by atoms with Gasteiger partial charge in [0.25, 0.3) is 0 Å². The van der Waals surface area contributed by atoms with Gasteiger partial charge in [-0.2, -0.15) is 0 Å². The molecule has 0 heterocycles. The summed E-state index contributed by atoms with van der Waals surface area (Å²) in [5.74, 6) is 0.621. The van der Waals surface area contributed by atoms with Crippen LogP contribution in [0, 0.1) is 5.92 Å². The normalized spacial score (nSPS) is 17.3. The van der Waals surface area contributed by atoms with Gasteiger partial charge in [-0.3, -0.25) is 4.79 Å². The maximum Gasteiger partial charge on any atom is 0.165 e. The number of carbonyl (C=O) groups excluding carboxylic acids is 1. The molecule has 4 rings (SSSR count). The minimum absolute atomic E-state index is 0.258. The summed E-state index contributed by atoms with van der Waals surface area (Å²) in [4.78, 5) is 12.7. The zero-order valence-electron chi connectivity index (χ0n) is 12.3. The molecular weight excluding hydrogens is 256 g/mol. The summed E-state index contributed by atoms with van der Waals surface area (Å²) in [6.45, 7) is 0. The van der Waals surface area contributed by atoms with Crippen LogP contribution in [0.1, 0.15) is 53.6 Å². The monoisotopic (exact) mass is 276 g/mol. The highest BCUT2D eigenvalue weighted by molar-refractivity contribution is 5.99. The van der Waals surface area contributed by atoms with Crippen LogP contribution < -0.4 is 0 Å². The summed E-state index contributed by atoms with van der Waals surface area (Å²) < 4.78 is 0. The quantitative estimate of drug-likeness (QED) is 0.601. The molecule has 2 aliphatic rings. The minimum atomic E-state index is 0.258. The second-order valence-corrected chi connectivity index (χ2v) is 6.41. The lowest BCUT2D eigenvalue weighted by Gasteiger charge is -2.20. The average molecular weight is 276 g/mol. The Morgan fingerprint density at radius 2 is 1.62 bits per heavy atom. The third-order valence-corrected chi connectivity index (χ3v) is 5.06. The van der Waals surface area contributed by atoms with Gasteiger partial charge in [-0.15, -0.1) is 0 Å². The highest BCUT2D eigenvalue weighted by atomic mass is 16.1. The van der Waals surface area contributed by atoms with Gasteiger partial charge in [0.05, 0.1) is 0 Å². The third-order valence-electron chi connectivity index (χ3n) is 5.06. The Bertz CT molecular complexity index is 693. The summed E-state index contributed by atoms with van der Waals surface area (Å²) in [6.07, 6.45) is 6.87. The molecule has 1 saturated carbocycles. The van der Waals surface area contributed by atoms with E-state index in [-0.39, 0.29) is 5.92 Å². The Morgan fingerprint density at radius 3 is 2.48 bits per heavy atom. The second kappa shape index (κ2) is 5.14. The van der Waals surface area contributed by atoms with E-state index >= 15 is 0 Å².